The third-order valence-corrected chi connectivity index (χ3v) is 3.81. The number of esters is 1. The maximum absolute atomic E-state index is 14.0. The zero-order valence-electron chi connectivity index (χ0n) is 15.7. The molecule has 1 heterocycles. The van der Waals surface area contributed by atoms with Crippen molar-refractivity contribution in [2.45, 2.75) is 25.4 Å². The molecule has 29 heavy (non-hydrogen) atoms. The van der Waals surface area contributed by atoms with Gasteiger partial charge in [0.15, 0.2) is 0 Å². The SMILES string of the molecule is CCOC(=O)[C@@](NC(=O)c1ccncc1)(OCc1ccc(OC)cc1)C(F)(F)F. The Kier molecular flexibility index (Phi) is 7.16. The quantitative estimate of drug-likeness (QED) is 0.530. The minimum absolute atomic E-state index is 0.133. The highest BCUT2D eigenvalue weighted by Gasteiger charge is 2.65. The first-order chi connectivity index (χ1) is 13.7. The Morgan fingerprint density at radius 3 is 2.21 bits per heavy atom. The van der Waals surface area contributed by atoms with Crippen molar-refractivity contribution in [1.29, 1.82) is 0 Å². The number of ether oxygens (including phenoxy) is 3. The van der Waals surface area contributed by atoms with Crippen LogP contribution in [0.15, 0.2) is 48.8 Å². The Balaban J connectivity index is 2.36. The Morgan fingerprint density at radius 2 is 1.69 bits per heavy atom. The second-order valence-corrected chi connectivity index (χ2v) is 5.73. The summed E-state index contributed by atoms with van der Waals surface area (Å²) in [6.45, 7) is 0.375. The van der Waals surface area contributed by atoms with Crippen LogP contribution in [0.3, 0.4) is 0 Å². The monoisotopic (exact) mass is 412 g/mol. The fourth-order valence-corrected chi connectivity index (χ4v) is 2.30. The molecule has 156 valence electrons. The van der Waals surface area contributed by atoms with Crippen molar-refractivity contribution >= 4 is 11.9 Å². The van der Waals surface area contributed by atoms with E-state index in [1.165, 1.54) is 62.8 Å². The number of hydrogen-bond acceptors (Lipinski definition) is 6. The van der Waals surface area contributed by atoms with Crippen molar-refractivity contribution in [2.75, 3.05) is 13.7 Å². The molecular formula is C19H19F3N2O5. The van der Waals surface area contributed by atoms with Gasteiger partial charge in [-0.1, -0.05) is 12.1 Å². The summed E-state index contributed by atoms with van der Waals surface area (Å²) in [7, 11) is 1.44. The summed E-state index contributed by atoms with van der Waals surface area (Å²) in [6, 6.07) is 8.38. The zero-order chi connectivity index (χ0) is 21.5. The van der Waals surface area contributed by atoms with Gasteiger partial charge in [0.25, 0.3) is 5.91 Å². The van der Waals surface area contributed by atoms with Crippen LogP contribution in [0.5, 0.6) is 5.75 Å². The zero-order valence-corrected chi connectivity index (χ0v) is 15.7. The Morgan fingerprint density at radius 1 is 1.07 bits per heavy atom. The highest BCUT2D eigenvalue weighted by molar-refractivity contribution is 5.97. The summed E-state index contributed by atoms with van der Waals surface area (Å²) in [5.41, 5.74) is -3.50. The van der Waals surface area contributed by atoms with E-state index in [-0.39, 0.29) is 12.2 Å². The van der Waals surface area contributed by atoms with Gasteiger partial charge >= 0.3 is 17.9 Å². The molecule has 0 fully saturated rings. The molecule has 1 atom stereocenters. The van der Waals surface area contributed by atoms with E-state index in [9.17, 15) is 22.8 Å². The van der Waals surface area contributed by atoms with Crippen molar-refractivity contribution in [1.82, 2.24) is 10.3 Å². The summed E-state index contributed by atoms with van der Waals surface area (Å²) in [6.07, 6.45) is -2.84. The first-order valence-electron chi connectivity index (χ1n) is 8.47. The van der Waals surface area contributed by atoms with Crippen LogP contribution in [0.4, 0.5) is 13.2 Å². The fraction of sp³-hybridized carbons (Fsp3) is 0.316. The Bertz CT molecular complexity index is 828. The number of methoxy groups -OCH3 is 1. The minimum Gasteiger partial charge on any atom is -0.497 e. The molecular weight excluding hydrogens is 393 g/mol. The second-order valence-electron chi connectivity index (χ2n) is 5.73. The minimum atomic E-state index is -5.30. The average Bonchev–Trinajstić information content (AvgIpc) is 2.71. The van der Waals surface area contributed by atoms with Gasteiger partial charge in [-0.05, 0) is 36.8 Å². The van der Waals surface area contributed by atoms with E-state index in [1.54, 1.807) is 5.32 Å². The fourth-order valence-electron chi connectivity index (χ4n) is 2.30. The maximum atomic E-state index is 14.0. The normalized spacial score (nSPS) is 13.3. The van der Waals surface area contributed by atoms with Crippen LogP contribution in [-0.2, 0) is 20.9 Å². The molecule has 0 aliphatic rings. The summed E-state index contributed by atoms with van der Waals surface area (Å²) in [5.74, 6) is -2.46. The molecule has 1 aromatic carbocycles. The lowest BCUT2D eigenvalue weighted by Crippen LogP contribution is -2.66. The van der Waals surface area contributed by atoms with Gasteiger partial charge in [0.05, 0.1) is 20.3 Å². The number of carbonyl (C=O) groups is 2. The van der Waals surface area contributed by atoms with E-state index in [4.69, 9.17) is 9.47 Å². The topological polar surface area (TPSA) is 86.8 Å². The third-order valence-electron chi connectivity index (χ3n) is 3.81. The number of halogens is 3. The molecule has 0 bridgehead atoms. The number of carbonyl (C=O) groups excluding carboxylic acids is 2. The van der Waals surface area contributed by atoms with Gasteiger partial charge in [-0.2, -0.15) is 13.2 Å². The van der Waals surface area contributed by atoms with E-state index in [2.05, 4.69) is 9.72 Å². The molecule has 10 heteroatoms. The van der Waals surface area contributed by atoms with Crippen LogP contribution in [0, 0.1) is 0 Å². The van der Waals surface area contributed by atoms with Crippen LogP contribution in [0.2, 0.25) is 0 Å². The average molecular weight is 412 g/mol. The largest absolute Gasteiger partial charge is 0.497 e. The van der Waals surface area contributed by atoms with Crippen molar-refractivity contribution < 1.29 is 37.0 Å². The molecule has 7 nitrogen and oxygen atoms in total. The first kappa shape index (κ1) is 22.2. The summed E-state index contributed by atoms with van der Waals surface area (Å²) in [5, 5.41) is 1.65. The third kappa shape index (κ3) is 5.23. The number of alkyl halides is 3. The van der Waals surface area contributed by atoms with Gasteiger partial charge in [0, 0.05) is 18.0 Å². The molecule has 0 radical (unpaired) electrons. The van der Waals surface area contributed by atoms with Gasteiger partial charge in [-0.3, -0.25) is 9.78 Å². The standard InChI is InChI=1S/C19H19F3N2O5/c1-3-28-17(26)18(19(20,21)22,24-16(25)14-8-10-23-11-9-14)29-12-13-4-6-15(27-2)7-5-13/h4-11H,3,12H2,1-2H3,(H,24,25)/t18-/m1/s1. The predicted molar refractivity (Wildman–Crippen MR) is 94.9 cm³/mol. The number of aromatic nitrogens is 1. The van der Waals surface area contributed by atoms with Gasteiger partial charge in [0.1, 0.15) is 5.75 Å². The van der Waals surface area contributed by atoms with Gasteiger partial charge < -0.3 is 19.5 Å². The lowest BCUT2D eigenvalue weighted by molar-refractivity contribution is -0.287. The number of nitrogens with zero attached hydrogens (tertiary/aromatic N) is 1. The number of amides is 1. The Labute approximate surface area is 164 Å². The highest BCUT2D eigenvalue weighted by Crippen LogP contribution is 2.34. The molecule has 0 aliphatic carbocycles. The molecule has 2 aromatic rings. The predicted octanol–water partition coefficient (Wildman–Crippen LogP) is 2.86. The number of pyridine rings is 1. The summed E-state index contributed by atoms with van der Waals surface area (Å²) >= 11 is 0. The highest BCUT2D eigenvalue weighted by atomic mass is 19.4. The smallest absolute Gasteiger partial charge is 0.448 e. The number of benzene rings is 1. The summed E-state index contributed by atoms with van der Waals surface area (Å²) < 4.78 is 56.4. The number of nitrogens with one attached hydrogen (secondary N) is 1. The number of hydrogen-bond donors (Lipinski definition) is 1. The lowest BCUT2D eigenvalue weighted by Gasteiger charge is -2.33. The summed E-state index contributed by atoms with van der Waals surface area (Å²) in [4.78, 5) is 28.3. The van der Waals surface area contributed by atoms with E-state index >= 15 is 0 Å². The van der Waals surface area contributed by atoms with Crippen LogP contribution in [0.25, 0.3) is 0 Å². The van der Waals surface area contributed by atoms with E-state index in [0.29, 0.717) is 11.3 Å². The van der Waals surface area contributed by atoms with Crippen LogP contribution >= 0.6 is 0 Å². The van der Waals surface area contributed by atoms with Crippen molar-refractivity contribution in [3.63, 3.8) is 0 Å². The van der Waals surface area contributed by atoms with Crippen LogP contribution < -0.4 is 10.1 Å². The molecule has 1 N–H and O–H groups in total. The van der Waals surface area contributed by atoms with Gasteiger partial charge in [-0.25, -0.2) is 4.79 Å². The van der Waals surface area contributed by atoms with Crippen LogP contribution in [-0.4, -0.2) is 42.5 Å². The molecule has 0 saturated heterocycles. The molecule has 1 aromatic heterocycles. The van der Waals surface area contributed by atoms with Crippen LogP contribution in [0.1, 0.15) is 22.8 Å². The molecule has 1 amide bonds. The first-order valence-corrected chi connectivity index (χ1v) is 8.47. The van der Waals surface area contributed by atoms with Crippen molar-refractivity contribution in [3.05, 3.63) is 59.9 Å². The van der Waals surface area contributed by atoms with E-state index < -0.39 is 30.4 Å². The van der Waals surface area contributed by atoms with Crippen molar-refractivity contribution in [2.24, 2.45) is 0 Å². The number of rotatable bonds is 8. The van der Waals surface area contributed by atoms with Gasteiger partial charge in [0.2, 0.25) is 0 Å². The van der Waals surface area contributed by atoms with Gasteiger partial charge in [-0.15, -0.1) is 0 Å². The molecule has 0 spiro atoms. The van der Waals surface area contributed by atoms with E-state index in [1.807, 2.05) is 0 Å². The maximum Gasteiger partial charge on any atom is 0.448 e. The molecule has 0 aliphatic heterocycles. The van der Waals surface area contributed by atoms with Crippen molar-refractivity contribution in [3.8, 4) is 5.75 Å². The van der Waals surface area contributed by atoms with E-state index in [0.717, 1.165) is 0 Å². The molecule has 0 saturated carbocycles. The second kappa shape index (κ2) is 9.37. The molecule has 2 rings (SSSR count). The Hall–Kier alpha value is -3.14. The molecule has 0 unspecified atom stereocenters. The lowest BCUT2D eigenvalue weighted by atomic mass is 10.1.